The van der Waals surface area contributed by atoms with Crippen molar-refractivity contribution in [2.24, 2.45) is 0 Å². The number of fused-ring (bicyclic) bond motifs is 1. The first kappa shape index (κ1) is 21.5. The number of hydrogen-bond acceptors (Lipinski definition) is 4. The van der Waals surface area contributed by atoms with Gasteiger partial charge in [-0.2, -0.15) is 13.2 Å². The van der Waals surface area contributed by atoms with Crippen molar-refractivity contribution in [2.45, 2.75) is 38.1 Å². The molecule has 2 aromatic rings. The maximum Gasteiger partial charge on any atom is 0.406 e. The van der Waals surface area contributed by atoms with Crippen molar-refractivity contribution >= 4 is 10.9 Å². The molecule has 2 aliphatic heterocycles. The highest BCUT2D eigenvalue weighted by Gasteiger charge is 2.29. The van der Waals surface area contributed by atoms with Gasteiger partial charge in [0.15, 0.2) is 0 Å². The van der Waals surface area contributed by atoms with Gasteiger partial charge in [0.25, 0.3) is 0 Å². The van der Waals surface area contributed by atoms with E-state index >= 15 is 0 Å². The predicted octanol–water partition coefficient (Wildman–Crippen LogP) is 3.77. The highest BCUT2D eigenvalue weighted by Crippen LogP contribution is 2.30. The average Bonchev–Trinajstić information content (AvgIpc) is 2.94. The molecule has 5 nitrogen and oxygen atoms in total. The fourth-order valence-electron chi connectivity index (χ4n) is 4.36. The maximum atomic E-state index is 12.8. The van der Waals surface area contributed by atoms with Gasteiger partial charge in [-0.25, -0.2) is 0 Å². The van der Waals surface area contributed by atoms with E-state index in [0.717, 1.165) is 77.1 Å². The Balaban J connectivity index is 1.29. The van der Waals surface area contributed by atoms with Crippen LogP contribution in [0.25, 0.3) is 10.9 Å². The Morgan fingerprint density at radius 2 is 1.73 bits per heavy atom. The molecule has 1 aromatic heterocycles. The van der Waals surface area contributed by atoms with Crippen LogP contribution in [-0.4, -0.2) is 79.1 Å². The zero-order valence-electron chi connectivity index (χ0n) is 17.2. The second kappa shape index (κ2) is 9.58. The molecule has 0 spiro atoms. The fraction of sp³-hybridized carbons (Fsp3) is 0.636. The largest absolute Gasteiger partial charge is 0.490 e. The Kier molecular flexibility index (Phi) is 6.85. The van der Waals surface area contributed by atoms with E-state index in [-0.39, 0.29) is 6.10 Å². The van der Waals surface area contributed by atoms with Crippen LogP contribution in [0.3, 0.4) is 0 Å². The second-order valence-electron chi connectivity index (χ2n) is 8.21. The van der Waals surface area contributed by atoms with Gasteiger partial charge < -0.3 is 18.9 Å². The first-order valence-electron chi connectivity index (χ1n) is 10.8. The summed E-state index contributed by atoms with van der Waals surface area (Å²) in [5, 5.41) is 0.743. The first-order chi connectivity index (χ1) is 14.5. The lowest BCUT2D eigenvalue weighted by atomic mass is 10.1. The van der Waals surface area contributed by atoms with Crippen molar-refractivity contribution in [3.8, 4) is 5.75 Å². The van der Waals surface area contributed by atoms with E-state index in [9.17, 15) is 13.2 Å². The molecule has 0 amide bonds. The average molecular weight is 425 g/mol. The van der Waals surface area contributed by atoms with Gasteiger partial charge in [-0.1, -0.05) is 6.07 Å². The first-order valence-corrected chi connectivity index (χ1v) is 10.8. The lowest BCUT2D eigenvalue weighted by molar-refractivity contribution is -0.139. The molecule has 0 N–H and O–H groups in total. The zero-order chi connectivity index (χ0) is 21.0. The van der Waals surface area contributed by atoms with Crippen molar-refractivity contribution in [1.82, 2.24) is 14.4 Å². The van der Waals surface area contributed by atoms with Crippen LogP contribution in [0.5, 0.6) is 5.75 Å². The van der Waals surface area contributed by atoms with Gasteiger partial charge in [0.2, 0.25) is 0 Å². The summed E-state index contributed by atoms with van der Waals surface area (Å²) in [6.45, 7) is 6.93. The van der Waals surface area contributed by atoms with E-state index in [1.165, 1.54) is 10.8 Å². The Hall–Kier alpha value is -1.77. The normalized spacial score (nSPS) is 20.5. The molecule has 4 rings (SSSR count). The third kappa shape index (κ3) is 5.68. The van der Waals surface area contributed by atoms with Gasteiger partial charge >= 0.3 is 6.18 Å². The maximum absolute atomic E-state index is 12.8. The molecule has 2 saturated heterocycles. The monoisotopic (exact) mass is 425 g/mol. The molecular formula is C22H30F3N3O2. The highest BCUT2D eigenvalue weighted by atomic mass is 19.4. The van der Waals surface area contributed by atoms with Crippen molar-refractivity contribution < 1.29 is 22.6 Å². The number of nitrogens with zero attached hydrogens (tertiary/aromatic N) is 3. The molecule has 3 heterocycles. The van der Waals surface area contributed by atoms with E-state index in [1.807, 2.05) is 6.07 Å². The Bertz CT molecular complexity index is 808. The Morgan fingerprint density at radius 1 is 0.967 bits per heavy atom. The van der Waals surface area contributed by atoms with Gasteiger partial charge in [0.1, 0.15) is 18.4 Å². The van der Waals surface area contributed by atoms with Crippen LogP contribution in [0.15, 0.2) is 30.5 Å². The molecule has 2 aliphatic rings. The Labute approximate surface area is 175 Å². The summed E-state index contributed by atoms with van der Waals surface area (Å²) in [6.07, 6.45) is 0.319. The molecule has 2 fully saturated rings. The third-order valence-corrected chi connectivity index (χ3v) is 6.00. The number of benzene rings is 1. The summed E-state index contributed by atoms with van der Waals surface area (Å²) in [5.74, 6) is 0.677. The molecule has 0 radical (unpaired) electrons. The Morgan fingerprint density at radius 3 is 2.50 bits per heavy atom. The molecule has 0 saturated carbocycles. The van der Waals surface area contributed by atoms with E-state index < -0.39 is 12.7 Å². The standard InChI is InChI=1S/C22H30F3N3O2/c23-22(24,25)17-28-11-7-19-20(28)3-1-4-21(19)30-18-5-9-27(10-6-18)13-12-26-8-2-15-29-16-14-26/h1,3-4,7,11,18H,2,5-6,8-10,12-17H2. The van der Waals surface area contributed by atoms with Crippen molar-refractivity contribution in [1.29, 1.82) is 0 Å². The number of alkyl halides is 3. The summed E-state index contributed by atoms with van der Waals surface area (Å²) in [4.78, 5) is 4.95. The van der Waals surface area contributed by atoms with Crippen molar-refractivity contribution in [2.75, 3.05) is 52.5 Å². The minimum absolute atomic E-state index is 0.101. The smallest absolute Gasteiger partial charge is 0.406 e. The van der Waals surface area contributed by atoms with Crippen LogP contribution >= 0.6 is 0 Å². The summed E-state index contributed by atoms with van der Waals surface area (Å²) in [7, 11) is 0. The molecule has 30 heavy (non-hydrogen) atoms. The number of hydrogen-bond donors (Lipinski definition) is 0. The minimum atomic E-state index is -4.24. The van der Waals surface area contributed by atoms with Gasteiger partial charge in [0.05, 0.1) is 12.1 Å². The molecule has 0 aliphatic carbocycles. The number of ether oxygens (including phenoxy) is 2. The number of halogens is 3. The minimum Gasteiger partial charge on any atom is -0.490 e. The van der Waals surface area contributed by atoms with Crippen LogP contribution in [0.4, 0.5) is 13.2 Å². The lowest BCUT2D eigenvalue weighted by Crippen LogP contribution is -2.42. The molecule has 166 valence electrons. The van der Waals surface area contributed by atoms with Crippen LogP contribution in [0.2, 0.25) is 0 Å². The topological polar surface area (TPSA) is 29.9 Å². The van der Waals surface area contributed by atoms with Gasteiger partial charge in [-0.05, 0) is 37.5 Å². The molecule has 0 bridgehead atoms. The lowest BCUT2D eigenvalue weighted by Gasteiger charge is -2.33. The van der Waals surface area contributed by atoms with E-state index in [1.54, 1.807) is 18.2 Å². The van der Waals surface area contributed by atoms with Crippen LogP contribution < -0.4 is 4.74 Å². The van der Waals surface area contributed by atoms with Gasteiger partial charge in [-0.3, -0.25) is 4.90 Å². The third-order valence-electron chi connectivity index (χ3n) is 6.00. The van der Waals surface area contributed by atoms with E-state index in [4.69, 9.17) is 9.47 Å². The number of piperidine rings is 1. The summed E-state index contributed by atoms with van der Waals surface area (Å²) < 4.78 is 51.3. The number of rotatable bonds is 6. The molecule has 8 heteroatoms. The second-order valence-corrected chi connectivity index (χ2v) is 8.21. The predicted molar refractivity (Wildman–Crippen MR) is 110 cm³/mol. The molecule has 0 unspecified atom stereocenters. The SMILES string of the molecule is FC(F)(F)Cn1ccc2c(OC3CCN(CCN4CCCOCC4)CC3)cccc21. The van der Waals surface area contributed by atoms with Crippen LogP contribution in [0.1, 0.15) is 19.3 Å². The van der Waals surface area contributed by atoms with Crippen LogP contribution in [0, 0.1) is 0 Å². The van der Waals surface area contributed by atoms with E-state index in [2.05, 4.69) is 9.80 Å². The van der Waals surface area contributed by atoms with Gasteiger partial charge in [0, 0.05) is 57.5 Å². The highest BCUT2D eigenvalue weighted by molar-refractivity contribution is 5.86. The molecule has 1 aromatic carbocycles. The number of aromatic nitrogens is 1. The van der Waals surface area contributed by atoms with Crippen molar-refractivity contribution in [3.63, 3.8) is 0 Å². The summed E-state index contributed by atoms with van der Waals surface area (Å²) >= 11 is 0. The van der Waals surface area contributed by atoms with Gasteiger partial charge in [-0.15, -0.1) is 0 Å². The quantitative estimate of drug-likeness (QED) is 0.705. The zero-order valence-corrected chi connectivity index (χ0v) is 17.2. The molecule has 0 atom stereocenters. The van der Waals surface area contributed by atoms with Crippen LogP contribution in [-0.2, 0) is 11.3 Å². The van der Waals surface area contributed by atoms with Crippen molar-refractivity contribution in [3.05, 3.63) is 30.5 Å². The van der Waals surface area contributed by atoms with E-state index in [0.29, 0.717) is 11.3 Å². The molecular weight excluding hydrogens is 395 g/mol. The fourth-order valence-corrected chi connectivity index (χ4v) is 4.36. The summed E-state index contributed by atoms with van der Waals surface area (Å²) in [5.41, 5.74) is 0.559. The number of likely N-dealkylation sites (tertiary alicyclic amines) is 1. The summed E-state index contributed by atoms with van der Waals surface area (Å²) in [6, 6.07) is 7.06.